The van der Waals surface area contributed by atoms with Crippen LogP contribution in [0.3, 0.4) is 0 Å². The molecule has 0 saturated heterocycles. The fraction of sp³-hybridized carbons (Fsp3) is 0.429. The molecule has 0 fully saturated rings. The molecule has 1 rings (SSSR count). The Labute approximate surface area is 127 Å². The van der Waals surface area contributed by atoms with Crippen LogP contribution in [-0.4, -0.2) is 48.9 Å². The summed E-state index contributed by atoms with van der Waals surface area (Å²) >= 11 is 3.08. The van der Waals surface area contributed by atoms with Crippen molar-refractivity contribution in [3.05, 3.63) is 35.9 Å². The third kappa shape index (κ3) is 6.16. The third-order valence-corrected chi connectivity index (χ3v) is 3.17. The number of amides is 1. The number of halogens is 1. The summed E-state index contributed by atoms with van der Waals surface area (Å²) in [4.78, 5) is 24.7. The van der Waals surface area contributed by atoms with E-state index in [0.29, 0.717) is 13.2 Å². The Hall–Kier alpha value is -1.40. The molecule has 0 aliphatic heterocycles. The Morgan fingerprint density at radius 3 is 2.55 bits per heavy atom. The molecule has 1 aromatic carbocycles. The zero-order chi connectivity index (χ0) is 14.8. The van der Waals surface area contributed by atoms with Crippen LogP contribution in [0.5, 0.6) is 0 Å². The standard InChI is InChI=1S/C14H18BrNO4/c1-19-8-7-16(10-13(17)9-15)14(18)20-11-12-5-3-2-4-6-12/h2-6H,7-11H2,1H3. The molecule has 1 aromatic rings. The molecule has 0 aliphatic carbocycles. The van der Waals surface area contributed by atoms with Gasteiger partial charge in [-0.25, -0.2) is 4.79 Å². The van der Waals surface area contributed by atoms with Gasteiger partial charge < -0.3 is 9.47 Å². The highest BCUT2D eigenvalue weighted by Gasteiger charge is 2.17. The van der Waals surface area contributed by atoms with Gasteiger partial charge in [-0.3, -0.25) is 9.69 Å². The molecule has 0 aromatic heterocycles. The maximum absolute atomic E-state index is 12.0. The first-order chi connectivity index (χ1) is 9.67. The number of hydrogen-bond acceptors (Lipinski definition) is 4. The van der Waals surface area contributed by atoms with E-state index in [2.05, 4.69) is 15.9 Å². The highest BCUT2D eigenvalue weighted by molar-refractivity contribution is 9.09. The Morgan fingerprint density at radius 2 is 1.95 bits per heavy atom. The maximum atomic E-state index is 12.0. The molecule has 20 heavy (non-hydrogen) atoms. The molecule has 0 aliphatic rings. The summed E-state index contributed by atoms with van der Waals surface area (Å²) in [5.41, 5.74) is 0.902. The van der Waals surface area contributed by atoms with Crippen LogP contribution >= 0.6 is 15.9 Å². The van der Waals surface area contributed by atoms with Gasteiger partial charge in [0.15, 0.2) is 5.78 Å². The molecule has 0 bridgehead atoms. The van der Waals surface area contributed by atoms with E-state index in [1.54, 1.807) is 7.11 Å². The van der Waals surface area contributed by atoms with Crippen molar-refractivity contribution in [1.82, 2.24) is 4.90 Å². The monoisotopic (exact) mass is 343 g/mol. The van der Waals surface area contributed by atoms with E-state index in [9.17, 15) is 9.59 Å². The molecule has 6 heteroatoms. The number of rotatable bonds is 8. The highest BCUT2D eigenvalue weighted by Crippen LogP contribution is 2.04. The molecule has 1 amide bonds. The van der Waals surface area contributed by atoms with Crippen molar-refractivity contribution >= 4 is 27.8 Å². The van der Waals surface area contributed by atoms with Gasteiger partial charge in [-0.2, -0.15) is 0 Å². The maximum Gasteiger partial charge on any atom is 0.410 e. The van der Waals surface area contributed by atoms with Gasteiger partial charge in [0.1, 0.15) is 6.61 Å². The molecule has 0 unspecified atom stereocenters. The van der Waals surface area contributed by atoms with Crippen LogP contribution in [0, 0.1) is 0 Å². The molecule has 5 nitrogen and oxygen atoms in total. The van der Waals surface area contributed by atoms with Crippen molar-refractivity contribution in [2.24, 2.45) is 0 Å². The first-order valence-electron chi connectivity index (χ1n) is 6.19. The second kappa shape index (κ2) is 9.50. The number of methoxy groups -OCH3 is 1. The number of benzene rings is 1. The lowest BCUT2D eigenvalue weighted by Gasteiger charge is -2.20. The largest absolute Gasteiger partial charge is 0.445 e. The van der Waals surface area contributed by atoms with E-state index in [1.165, 1.54) is 4.90 Å². The minimum absolute atomic E-state index is 0.0161. The summed E-state index contributed by atoms with van der Waals surface area (Å²) in [5, 5.41) is 0.211. The van der Waals surface area contributed by atoms with Gasteiger partial charge >= 0.3 is 6.09 Å². The smallest absolute Gasteiger partial charge is 0.410 e. The quantitative estimate of drug-likeness (QED) is 0.679. The van der Waals surface area contributed by atoms with Crippen molar-refractivity contribution in [1.29, 1.82) is 0 Å². The van der Waals surface area contributed by atoms with E-state index in [1.807, 2.05) is 30.3 Å². The number of nitrogens with zero attached hydrogens (tertiary/aromatic N) is 1. The zero-order valence-corrected chi connectivity index (χ0v) is 13.0. The number of hydrogen-bond donors (Lipinski definition) is 0. The number of Topliss-reactive ketones (excluding diaryl/α,β-unsaturated/α-hetero) is 1. The Kier molecular flexibility index (Phi) is 7.91. The van der Waals surface area contributed by atoms with E-state index >= 15 is 0 Å². The lowest BCUT2D eigenvalue weighted by Crippen LogP contribution is -2.38. The fourth-order valence-electron chi connectivity index (χ4n) is 1.50. The normalized spacial score (nSPS) is 10.1. The topological polar surface area (TPSA) is 55.8 Å². The Morgan fingerprint density at radius 1 is 1.25 bits per heavy atom. The summed E-state index contributed by atoms with van der Waals surface area (Å²) in [6.07, 6.45) is -0.514. The first kappa shape index (κ1) is 16.7. The second-order valence-electron chi connectivity index (χ2n) is 4.13. The lowest BCUT2D eigenvalue weighted by atomic mass is 10.2. The van der Waals surface area contributed by atoms with E-state index in [-0.39, 0.29) is 24.3 Å². The van der Waals surface area contributed by atoms with Gasteiger partial charge in [0.25, 0.3) is 0 Å². The van der Waals surface area contributed by atoms with Crippen molar-refractivity contribution in [3.63, 3.8) is 0 Å². The van der Waals surface area contributed by atoms with Crippen molar-refractivity contribution in [3.8, 4) is 0 Å². The molecular weight excluding hydrogens is 326 g/mol. The van der Waals surface area contributed by atoms with Crippen molar-refractivity contribution < 1.29 is 19.1 Å². The molecular formula is C14H18BrNO4. The van der Waals surface area contributed by atoms with E-state index in [4.69, 9.17) is 9.47 Å². The number of carbonyl (C=O) groups excluding carboxylic acids is 2. The van der Waals surface area contributed by atoms with Gasteiger partial charge in [0.05, 0.1) is 18.5 Å². The number of carbonyl (C=O) groups is 2. The van der Waals surface area contributed by atoms with Gasteiger partial charge in [-0.1, -0.05) is 46.3 Å². The molecule has 0 spiro atoms. The van der Waals surface area contributed by atoms with Crippen LogP contribution in [0.1, 0.15) is 5.56 Å². The van der Waals surface area contributed by atoms with Gasteiger partial charge in [-0.05, 0) is 5.56 Å². The fourth-order valence-corrected chi connectivity index (χ4v) is 1.68. The average molecular weight is 344 g/mol. The molecule has 0 radical (unpaired) electrons. The second-order valence-corrected chi connectivity index (χ2v) is 4.69. The van der Waals surface area contributed by atoms with Crippen LogP contribution in [0.25, 0.3) is 0 Å². The van der Waals surface area contributed by atoms with Crippen molar-refractivity contribution in [2.45, 2.75) is 6.61 Å². The molecule has 0 saturated carbocycles. The number of ether oxygens (including phenoxy) is 2. The third-order valence-electron chi connectivity index (χ3n) is 2.54. The summed E-state index contributed by atoms with van der Waals surface area (Å²) in [7, 11) is 1.54. The summed E-state index contributed by atoms with van der Waals surface area (Å²) < 4.78 is 10.1. The van der Waals surface area contributed by atoms with Crippen LogP contribution in [-0.2, 0) is 20.9 Å². The SMILES string of the molecule is COCCN(CC(=O)CBr)C(=O)OCc1ccccc1. The Balaban J connectivity index is 2.51. The molecule has 0 heterocycles. The predicted molar refractivity (Wildman–Crippen MR) is 78.9 cm³/mol. The van der Waals surface area contributed by atoms with E-state index < -0.39 is 6.09 Å². The lowest BCUT2D eigenvalue weighted by molar-refractivity contribution is -0.117. The summed E-state index contributed by atoms with van der Waals surface area (Å²) in [6.45, 7) is 0.882. The summed E-state index contributed by atoms with van der Waals surface area (Å²) in [6, 6.07) is 9.39. The van der Waals surface area contributed by atoms with Crippen LogP contribution in [0.15, 0.2) is 30.3 Å². The minimum Gasteiger partial charge on any atom is -0.445 e. The highest BCUT2D eigenvalue weighted by atomic mass is 79.9. The van der Waals surface area contributed by atoms with Crippen molar-refractivity contribution in [2.75, 3.05) is 32.1 Å². The number of ketones is 1. The minimum atomic E-state index is -0.514. The summed E-state index contributed by atoms with van der Waals surface area (Å²) in [5.74, 6) is -0.0854. The zero-order valence-electron chi connectivity index (χ0n) is 11.4. The number of alkyl halides is 1. The molecule has 0 atom stereocenters. The van der Waals surface area contributed by atoms with Gasteiger partial charge in [-0.15, -0.1) is 0 Å². The van der Waals surface area contributed by atoms with Gasteiger partial charge in [0.2, 0.25) is 0 Å². The predicted octanol–water partition coefficient (Wildman–Crippen LogP) is 2.24. The Bertz CT molecular complexity index is 424. The van der Waals surface area contributed by atoms with Crippen LogP contribution < -0.4 is 0 Å². The first-order valence-corrected chi connectivity index (χ1v) is 7.31. The molecule has 0 N–H and O–H groups in total. The van der Waals surface area contributed by atoms with E-state index in [0.717, 1.165) is 5.56 Å². The molecule has 110 valence electrons. The van der Waals surface area contributed by atoms with Crippen LogP contribution in [0.2, 0.25) is 0 Å². The van der Waals surface area contributed by atoms with Gasteiger partial charge in [0, 0.05) is 13.7 Å². The average Bonchev–Trinajstić information content (AvgIpc) is 2.49. The van der Waals surface area contributed by atoms with Crippen LogP contribution in [0.4, 0.5) is 4.79 Å².